The minimum Gasteiger partial charge on any atom is -0.365 e. The molecule has 0 saturated carbocycles. The predicted octanol–water partition coefficient (Wildman–Crippen LogP) is 1.90. The number of amides is 1. The predicted molar refractivity (Wildman–Crippen MR) is 81.1 cm³/mol. The number of hydrogen-bond acceptors (Lipinski definition) is 2. The smallest absolute Gasteiger partial charge is 0.251 e. The maximum absolute atomic E-state index is 12.1. The molecule has 0 rings (SSSR count). The third kappa shape index (κ3) is 6.54. The van der Waals surface area contributed by atoms with E-state index in [9.17, 15) is 4.79 Å². The van der Waals surface area contributed by atoms with Gasteiger partial charge in [-0.2, -0.15) is 0 Å². The van der Waals surface area contributed by atoms with Gasteiger partial charge in [-0.15, -0.1) is 0 Å². The Kier molecular flexibility index (Phi) is 9.37. The quantitative estimate of drug-likeness (QED) is 0.488. The minimum atomic E-state index is -0.654. The van der Waals surface area contributed by atoms with Gasteiger partial charge in [-0.25, -0.2) is 0 Å². The monoisotopic (exact) mass is 273 g/mol. The van der Waals surface area contributed by atoms with E-state index < -0.39 is 5.60 Å². The van der Waals surface area contributed by atoms with Gasteiger partial charge in [-0.1, -0.05) is 33.2 Å². The molecule has 2 atom stereocenters. The highest BCUT2D eigenvalue weighted by molar-refractivity contribution is 6.08. The number of nitrogens with one attached hydrogen (secondary N) is 1. The molecule has 4 heteroatoms. The van der Waals surface area contributed by atoms with Crippen LogP contribution in [0, 0.1) is 5.92 Å². The summed E-state index contributed by atoms with van der Waals surface area (Å²) in [6.07, 6.45) is 4.00. The highest BCUT2D eigenvalue weighted by atomic mass is 28.1. The number of carbonyl (C=O) groups is 1. The lowest BCUT2D eigenvalue weighted by atomic mass is 10.0. The molecule has 0 spiro atoms. The van der Waals surface area contributed by atoms with Crippen LogP contribution in [0.1, 0.15) is 53.4 Å². The largest absolute Gasteiger partial charge is 0.365 e. The highest BCUT2D eigenvalue weighted by Crippen LogP contribution is 2.17. The lowest BCUT2D eigenvalue weighted by Gasteiger charge is -2.28. The fraction of sp³-hybridized carbons (Fsp3) is 0.929. The topological polar surface area (TPSA) is 38.3 Å². The first kappa shape index (κ1) is 17.6. The first-order valence-electron chi connectivity index (χ1n) is 7.42. The van der Waals surface area contributed by atoms with Crippen molar-refractivity contribution in [3.05, 3.63) is 0 Å². The van der Waals surface area contributed by atoms with Gasteiger partial charge in [0.25, 0.3) is 5.91 Å². The van der Waals surface area contributed by atoms with Crippen LogP contribution in [0.15, 0.2) is 0 Å². The molecule has 1 N–H and O–H groups in total. The lowest BCUT2D eigenvalue weighted by molar-refractivity contribution is -0.146. The standard InChI is InChI=1S/C14H31NO2Si/c1-5-12(3)8-10-17-14(4,6-2)13(16)15-9-7-11-18/h12H,5-11H2,1-4,18H3,(H,15,16). The molecule has 0 radical (unpaired) electrons. The zero-order valence-electron chi connectivity index (χ0n) is 12.8. The van der Waals surface area contributed by atoms with Gasteiger partial charge in [-0.3, -0.25) is 4.79 Å². The average molecular weight is 273 g/mol. The summed E-state index contributed by atoms with van der Waals surface area (Å²) in [5.74, 6) is 0.712. The third-order valence-corrected chi connectivity index (χ3v) is 4.41. The van der Waals surface area contributed by atoms with Crippen LogP contribution in [0.5, 0.6) is 0 Å². The molecule has 1 amide bonds. The first-order chi connectivity index (χ1) is 8.50. The van der Waals surface area contributed by atoms with E-state index in [4.69, 9.17) is 4.74 Å². The summed E-state index contributed by atoms with van der Waals surface area (Å²) in [4.78, 5) is 12.1. The molecule has 0 aliphatic carbocycles. The molecule has 0 heterocycles. The molecule has 0 aliphatic heterocycles. The van der Waals surface area contributed by atoms with Crippen molar-refractivity contribution in [1.82, 2.24) is 5.32 Å². The normalized spacial score (nSPS) is 16.2. The van der Waals surface area contributed by atoms with Crippen molar-refractivity contribution < 1.29 is 9.53 Å². The Morgan fingerprint density at radius 1 is 1.44 bits per heavy atom. The maximum atomic E-state index is 12.1. The van der Waals surface area contributed by atoms with Crippen molar-refractivity contribution in [3.63, 3.8) is 0 Å². The summed E-state index contributed by atoms with van der Waals surface area (Å²) in [5, 5.41) is 2.99. The van der Waals surface area contributed by atoms with Crippen LogP contribution in [-0.4, -0.2) is 34.9 Å². The van der Waals surface area contributed by atoms with Crippen molar-refractivity contribution in [1.29, 1.82) is 0 Å². The van der Waals surface area contributed by atoms with E-state index in [1.807, 2.05) is 13.8 Å². The maximum Gasteiger partial charge on any atom is 0.251 e. The molecule has 18 heavy (non-hydrogen) atoms. The molecule has 2 unspecified atom stereocenters. The Balaban J connectivity index is 4.11. The number of rotatable bonds is 10. The molecule has 0 bridgehead atoms. The van der Waals surface area contributed by atoms with E-state index in [0.717, 1.165) is 25.8 Å². The minimum absolute atomic E-state index is 0.0456. The zero-order chi connectivity index (χ0) is 14.0. The van der Waals surface area contributed by atoms with E-state index in [0.29, 0.717) is 12.5 Å². The number of carbonyl (C=O) groups excluding carboxylic acids is 1. The average Bonchev–Trinajstić information content (AvgIpc) is 2.38. The molecule has 0 aliphatic rings. The Morgan fingerprint density at radius 2 is 2.11 bits per heavy atom. The lowest BCUT2D eigenvalue weighted by Crippen LogP contribution is -2.46. The van der Waals surface area contributed by atoms with Gasteiger partial charge < -0.3 is 10.1 Å². The van der Waals surface area contributed by atoms with Crippen molar-refractivity contribution in [2.24, 2.45) is 5.92 Å². The Bertz CT molecular complexity index is 236. The van der Waals surface area contributed by atoms with Crippen LogP contribution in [0.4, 0.5) is 0 Å². The van der Waals surface area contributed by atoms with Crippen LogP contribution in [0.3, 0.4) is 0 Å². The summed E-state index contributed by atoms with van der Waals surface area (Å²) in [5.41, 5.74) is -0.654. The molecule has 0 fully saturated rings. The van der Waals surface area contributed by atoms with Gasteiger partial charge in [0.2, 0.25) is 0 Å². The highest BCUT2D eigenvalue weighted by Gasteiger charge is 2.31. The van der Waals surface area contributed by atoms with Gasteiger partial charge in [0.15, 0.2) is 0 Å². The second-order valence-corrected chi connectivity index (χ2v) is 6.34. The summed E-state index contributed by atoms with van der Waals surface area (Å²) in [6, 6.07) is 1.23. The van der Waals surface area contributed by atoms with Gasteiger partial charge in [0.1, 0.15) is 5.60 Å². The van der Waals surface area contributed by atoms with Gasteiger partial charge >= 0.3 is 0 Å². The molecular formula is C14H31NO2Si. The number of ether oxygens (including phenoxy) is 1. The van der Waals surface area contributed by atoms with E-state index in [1.165, 1.54) is 22.7 Å². The van der Waals surface area contributed by atoms with E-state index in [-0.39, 0.29) is 5.91 Å². The summed E-state index contributed by atoms with van der Waals surface area (Å²) >= 11 is 0. The second kappa shape index (κ2) is 9.56. The summed E-state index contributed by atoms with van der Waals surface area (Å²) in [6.45, 7) is 9.78. The van der Waals surface area contributed by atoms with Gasteiger partial charge in [0, 0.05) is 23.4 Å². The van der Waals surface area contributed by atoms with Gasteiger partial charge in [0.05, 0.1) is 0 Å². The van der Waals surface area contributed by atoms with Crippen LogP contribution in [-0.2, 0) is 9.53 Å². The molecular weight excluding hydrogens is 242 g/mol. The third-order valence-electron chi connectivity index (χ3n) is 3.70. The van der Waals surface area contributed by atoms with Crippen LogP contribution in [0.2, 0.25) is 6.04 Å². The first-order valence-corrected chi connectivity index (χ1v) is 8.83. The SMILES string of the molecule is CCC(C)CCOC(C)(CC)C(=O)NCCC[SiH3]. The van der Waals surface area contributed by atoms with E-state index in [2.05, 4.69) is 19.2 Å². The van der Waals surface area contributed by atoms with Crippen LogP contribution < -0.4 is 5.32 Å². The Morgan fingerprint density at radius 3 is 2.61 bits per heavy atom. The van der Waals surface area contributed by atoms with Crippen LogP contribution in [0.25, 0.3) is 0 Å². The molecule has 3 nitrogen and oxygen atoms in total. The molecule has 0 aromatic carbocycles. The number of hydrogen-bond donors (Lipinski definition) is 1. The van der Waals surface area contributed by atoms with Gasteiger partial charge in [-0.05, 0) is 32.1 Å². The zero-order valence-corrected chi connectivity index (χ0v) is 14.8. The summed E-state index contributed by atoms with van der Waals surface area (Å²) < 4.78 is 5.84. The second-order valence-electron chi connectivity index (χ2n) is 5.34. The fourth-order valence-electron chi connectivity index (χ4n) is 1.58. The van der Waals surface area contributed by atoms with Crippen molar-refractivity contribution in [2.75, 3.05) is 13.2 Å². The molecule has 108 valence electrons. The Hall–Kier alpha value is -0.353. The van der Waals surface area contributed by atoms with Crippen molar-refractivity contribution in [2.45, 2.75) is 65.0 Å². The van der Waals surface area contributed by atoms with Crippen molar-refractivity contribution >= 4 is 16.1 Å². The van der Waals surface area contributed by atoms with E-state index >= 15 is 0 Å². The Labute approximate surface area is 115 Å². The van der Waals surface area contributed by atoms with Crippen LogP contribution >= 0.6 is 0 Å². The molecule has 0 aromatic heterocycles. The van der Waals surface area contributed by atoms with E-state index in [1.54, 1.807) is 0 Å². The summed E-state index contributed by atoms with van der Waals surface area (Å²) in [7, 11) is 1.21. The fourth-order valence-corrected chi connectivity index (χ4v) is 1.94. The van der Waals surface area contributed by atoms with Crippen molar-refractivity contribution in [3.8, 4) is 0 Å². The molecule has 0 aromatic rings. The molecule has 0 saturated heterocycles.